The van der Waals surface area contributed by atoms with Crippen molar-refractivity contribution in [3.63, 3.8) is 0 Å². The Hall–Kier alpha value is -2.33. The third kappa shape index (κ3) is 4.07. The molecule has 0 bridgehead atoms. The summed E-state index contributed by atoms with van der Waals surface area (Å²) in [5, 5.41) is 0.529. The lowest BCUT2D eigenvalue weighted by Crippen LogP contribution is -2.20. The van der Waals surface area contributed by atoms with Gasteiger partial charge >= 0.3 is 0 Å². The molecule has 1 heterocycles. The summed E-state index contributed by atoms with van der Waals surface area (Å²) in [6, 6.07) is 14.6. The van der Waals surface area contributed by atoms with Gasteiger partial charge in [0.25, 0.3) is 5.56 Å². The second-order valence-corrected chi connectivity index (χ2v) is 7.84. The molecule has 0 aliphatic heterocycles. The van der Waals surface area contributed by atoms with Crippen LogP contribution in [0.4, 0.5) is 0 Å². The van der Waals surface area contributed by atoms with E-state index in [0.717, 1.165) is 11.4 Å². The molecule has 0 saturated carbocycles. The Labute approximate surface area is 159 Å². The van der Waals surface area contributed by atoms with Crippen molar-refractivity contribution in [3.8, 4) is 5.69 Å². The van der Waals surface area contributed by atoms with E-state index < -0.39 is 0 Å². The van der Waals surface area contributed by atoms with Crippen LogP contribution in [0.1, 0.15) is 42.0 Å². The number of aromatic nitrogens is 2. The zero-order chi connectivity index (χ0) is 18.7. The highest BCUT2D eigenvalue weighted by atomic mass is 32.2. The fraction of sp³-hybridized carbons (Fsp3) is 0.273. The molecule has 3 rings (SSSR count). The van der Waals surface area contributed by atoms with Gasteiger partial charge in [0, 0.05) is 23.8 Å². The molecule has 0 amide bonds. The van der Waals surface area contributed by atoms with Crippen molar-refractivity contribution in [1.82, 2.24) is 9.55 Å². The number of hydrogen-bond acceptors (Lipinski definition) is 3. The zero-order valence-corrected chi connectivity index (χ0v) is 16.5. The predicted octanol–water partition coefficient (Wildman–Crippen LogP) is 5.27. The molecule has 0 spiro atoms. The first-order valence-electron chi connectivity index (χ1n) is 8.82. The van der Waals surface area contributed by atoms with Crippen LogP contribution < -0.4 is 5.56 Å². The van der Waals surface area contributed by atoms with Crippen molar-refractivity contribution in [2.75, 3.05) is 0 Å². The Kier molecular flexibility index (Phi) is 5.62. The fourth-order valence-electron chi connectivity index (χ4n) is 2.82. The van der Waals surface area contributed by atoms with E-state index in [1.165, 1.54) is 34.0 Å². The molecule has 0 N–H and O–H groups in total. The van der Waals surface area contributed by atoms with Gasteiger partial charge in [-0.15, -0.1) is 0 Å². The van der Waals surface area contributed by atoms with E-state index in [1.807, 2.05) is 12.1 Å². The van der Waals surface area contributed by atoms with Crippen LogP contribution in [-0.2, 0) is 5.75 Å². The van der Waals surface area contributed by atoms with Crippen LogP contribution in [0.15, 0.2) is 64.7 Å². The Bertz CT molecular complexity index is 959. The van der Waals surface area contributed by atoms with Gasteiger partial charge in [0.1, 0.15) is 0 Å². The summed E-state index contributed by atoms with van der Waals surface area (Å²) in [5.41, 5.74) is 5.78. The van der Waals surface area contributed by atoms with E-state index in [9.17, 15) is 4.79 Å². The molecular formula is C22H24N2OS. The zero-order valence-electron chi connectivity index (χ0n) is 15.7. The second-order valence-electron chi connectivity index (χ2n) is 6.87. The summed E-state index contributed by atoms with van der Waals surface area (Å²) in [7, 11) is 0. The van der Waals surface area contributed by atoms with Gasteiger partial charge in [-0.25, -0.2) is 4.98 Å². The summed E-state index contributed by atoms with van der Waals surface area (Å²) in [6.07, 6.45) is 3.43. The second kappa shape index (κ2) is 7.92. The maximum atomic E-state index is 12.8. The number of benzene rings is 2. The van der Waals surface area contributed by atoms with Gasteiger partial charge < -0.3 is 0 Å². The molecule has 0 saturated heterocycles. The molecule has 0 aliphatic carbocycles. The SMILES string of the molecule is Cc1ccc(C)c(CSc2nccn(-c3ccc(C(C)C)cc3)c2=O)c1. The molecule has 3 aromatic rings. The Morgan fingerprint density at radius 3 is 2.50 bits per heavy atom. The monoisotopic (exact) mass is 364 g/mol. The molecule has 2 aromatic carbocycles. The van der Waals surface area contributed by atoms with Crippen molar-refractivity contribution in [3.05, 3.63) is 87.5 Å². The lowest BCUT2D eigenvalue weighted by molar-refractivity contribution is 0.857. The van der Waals surface area contributed by atoms with Gasteiger partial charge in [-0.3, -0.25) is 9.36 Å². The molecule has 4 heteroatoms. The lowest BCUT2D eigenvalue weighted by Gasteiger charge is -2.10. The minimum absolute atomic E-state index is 0.0693. The molecule has 1 aromatic heterocycles. The largest absolute Gasteiger partial charge is 0.287 e. The topological polar surface area (TPSA) is 34.9 Å². The van der Waals surface area contributed by atoms with E-state index in [1.54, 1.807) is 17.0 Å². The first-order chi connectivity index (χ1) is 12.5. The van der Waals surface area contributed by atoms with E-state index in [-0.39, 0.29) is 5.56 Å². The highest BCUT2D eigenvalue weighted by molar-refractivity contribution is 7.98. The van der Waals surface area contributed by atoms with Crippen LogP contribution in [0.2, 0.25) is 0 Å². The Balaban J connectivity index is 1.85. The molecule has 0 fully saturated rings. The number of aryl methyl sites for hydroxylation is 2. The third-order valence-corrected chi connectivity index (χ3v) is 5.53. The van der Waals surface area contributed by atoms with Crippen LogP contribution in [0.3, 0.4) is 0 Å². The van der Waals surface area contributed by atoms with Gasteiger partial charge in [-0.2, -0.15) is 0 Å². The Morgan fingerprint density at radius 2 is 1.81 bits per heavy atom. The summed E-state index contributed by atoms with van der Waals surface area (Å²) >= 11 is 1.50. The summed E-state index contributed by atoms with van der Waals surface area (Å²) < 4.78 is 1.67. The molecule has 3 nitrogen and oxygen atoms in total. The lowest BCUT2D eigenvalue weighted by atomic mass is 10.0. The summed E-state index contributed by atoms with van der Waals surface area (Å²) in [4.78, 5) is 17.1. The maximum absolute atomic E-state index is 12.8. The number of rotatable bonds is 5. The molecule has 0 radical (unpaired) electrons. The van der Waals surface area contributed by atoms with Crippen LogP contribution >= 0.6 is 11.8 Å². The van der Waals surface area contributed by atoms with Crippen molar-refractivity contribution < 1.29 is 0 Å². The van der Waals surface area contributed by atoms with Gasteiger partial charge in [-0.1, -0.05) is 61.5 Å². The predicted molar refractivity (Wildman–Crippen MR) is 109 cm³/mol. The average molecular weight is 365 g/mol. The van der Waals surface area contributed by atoms with Crippen molar-refractivity contribution >= 4 is 11.8 Å². The van der Waals surface area contributed by atoms with E-state index in [2.05, 4.69) is 63.0 Å². The quantitative estimate of drug-likeness (QED) is 0.579. The van der Waals surface area contributed by atoms with Crippen molar-refractivity contribution in [2.45, 2.75) is 44.4 Å². The maximum Gasteiger partial charge on any atom is 0.287 e. The normalized spacial score (nSPS) is 11.1. The smallest absolute Gasteiger partial charge is 0.280 e. The molecule has 26 heavy (non-hydrogen) atoms. The summed E-state index contributed by atoms with van der Waals surface area (Å²) in [5.74, 6) is 1.22. The first kappa shape index (κ1) is 18.5. The highest BCUT2D eigenvalue weighted by Crippen LogP contribution is 2.22. The van der Waals surface area contributed by atoms with Gasteiger partial charge in [0.05, 0.1) is 0 Å². The number of thioether (sulfide) groups is 1. The first-order valence-corrected chi connectivity index (χ1v) is 9.81. The third-order valence-electron chi connectivity index (χ3n) is 4.52. The molecule has 0 unspecified atom stereocenters. The summed E-state index contributed by atoms with van der Waals surface area (Å²) in [6.45, 7) is 8.51. The van der Waals surface area contributed by atoms with Crippen LogP contribution in [0.25, 0.3) is 5.69 Å². The van der Waals surface area contributed by atoms with Crippen LogP contribution in [-0.4, -0.2) is 9.55 Å². The average Bonchev–Trinajstić information content (AvgIpc) is 2.63. The highest BCUT2D eigenvalue weighted by Gasteiger charge is 2.09. The van der Waals surface area contributed by atoms with Crippen molar-refractivity contribution in [1.29, 1.82) is 0 Å². The van der Waals surface area contributed by atoms with E-state index >= 15 is 0 Å². The Morgan fingerprint density at radius 1 is 1.08 bits per heavy atom. The van der Waals surface area contributed by atoms with Crippen LogP contribution in [0, 0.1) is 13.8 Å². The van der Waals surface area contributed by atoms with E-state index in [4.69, 9.17) is 0 Å². The van der Waals surface area contributed by atoms with E-state index in [0.29, 0.717) is 10.9 Å². The standard InChI is InChI=1S/C22H24N2OS/c1-15(2)18-7-9-20(10-8-18)24-12-11-23-21(22(24)25)26-14-19-13-16(3)5-6-17(19)4/h5-13,15H,14H2,1-4H3. The molecule has 0 aliphatic rings. The fourth-order valence-corrected chi connectivity index (χ4v) is 3.78. The minimum Gasteiger partial charge on any atom is -0.280 e. The van der Waals surface area contributed by atoms with Crippen LogP contribution in [0.5, 0.6) is 0 Å². The van der Waals surface area contributed by atoms with Gasteiger partial charge in [-0.05, 0) is 48.6 Å². The molecule has 134 valence electrons. The van der Waals surface area contributed by atoms with Crippen molar-refractivity contribution in [2.24, 2.45) is 0 Å². The van der Waals surface area contributed by atoms with Gasteiger partial charge in [0.2, 0.25) is 0 Å². The molecule has 0 atom stereocenters. The minimum atomic E-state index is -0.0693. The molecular weight excluding hydrogens is 340 g/mol. The number of nitrogens with zero attached hydrogens (tertiary/aromatic N) is 2. The number of hydrogen-bond donors (Lipinski definition) is 0. The van der Waals surface area contributed by atoms with Gasteiger partial charge in [0.15, 0.2) is 5.03 Å².